The van der Waals surface area contributed by atoms with Gasteiger partial charge in [-0.05, 0) is 50.8 Å². The first-order valence-corrected chi connectivity index (χ1v) is 7.88. The summed E-state index contributed by atoms with van der Waals surface area (Å²) >= 11 is 0. The van der Waals surface area contributed by atoms with Crippen LogP contribution in [-0.2, 0) is 9.53 Å². The maximum atomic E-state index is 12.7. The summed E-state index contributed by atoms with van der Waals surface area (Å²) in [5.74, 6) is -0.126. The van der Waals surface area contributed by atoms with Gasteiger partial charge in [0.25, 0.3) is 0 Å². The van der Waals surface area contributed by atoms with Gasteiger partial charge in [-0.1, -0.05) is 19.4 Å². The topological polar surface area (TPSA) is 52.6 Å². The van der Waals surface area contributed by atoms with Crippen LogP contribution in [0.4, 0.5) is 0 Å². The van der Waals surface area contributed by atoms with Crippen molar-refractivity contribution in [2.75, 3.05) is 13.7 Å². The highest BCUT2D eigenvalue weighted by molar-refractivity contribution is 6.13. The van der Waals surface area contributed by atoms with Gasteiger partial charge in [0, 0.05) is 11.6 Å². The first-order chi connectivity index (χ1) is 10.8. The van der Waals surface area contributed by atoms with Gasteiger partial charge in [-0.25, -0.2) is 4.79 Å². The number of benzene rings is 1. The number of ether oxygens (including phenoxy) is 2. The van der Waals surface area contributed by atoms with Gasteiger partial charge in [-0.3, -0.25) is 4.79 Å². The number of hydrogen-bond donors (Lipinski definition) is 0. The lowest BCUT2D eigenvalue weighted by molar-refractivity contribution is -0.137. The average molecular weight is 318 g/mol. The predicted molar refractivity (Wildman–Crippen MR) is 91.2 cm³/mol. The number of unbranched alkanes of at least 4 members (excludes halogenated alkanes) is 1. The van der Waals surface area contributed by atoms with Crippen LogP contribution in [-0.4, -0.2) is 25.5 Å². The van der Waals surface area contributed by atoms with Crippen molar-refractivity contribution in [2.45, 2.75) is 47.5 Å². The third-order valence-electron chi connectivity index (χ3n) is 3.85. The summed E-state index contributed by atoms with van der Waals surface area (Å²) in [6.45, 7) is 9.79. The molecule has 0 radical (unpaired) electrons. The molecule has 4 heteroatoms. The second-order valence-corrected chi connectivity index (χ2v) is 5.72. The predicted octanol–water partition coefficient (Wildman–Crippen LogP) is 4.09. The van der Waals surface area contributed by atoms with Crippen LogP contribution < -0.4 is 4.74 Å². The van der Waals surface area contributed by atoms with E-state index in [-0.39, 0.29) is 5.78 Å². The summed E-state index contributed by atoms with van der Waals surface area (Å²) in [6.07, 6.45) is 3.02. The molecule has 0 saturated heterocycles. The van der Waals surface area contributed by atoms with E-state index in [1.54, 1.807) is 14.0 Å². The van der Waals surface area contributed by atoms with Crippen LogP contribution in [0.2, 0.25) is 0 Å². The van der Waals surface area contributed by atoms with E-state index in [4.69, 9.17) is 9.47 Å². The summed E-state index contributed by atoms with van der Waals surface area (Å²) in [5.41, 5.74) is 3.68. The zero-order valence-corrected chi connectivity index (χ0v) is 14.9. The minimum Gasteiger partial charge on any atom is -0.496 e. The molecule has 4 nitrogen and oxygen atoms in total. The molecule has 1 aromatic carbocycles. The SMILES string of the molecule is CCCCOC(=O)/C=C(/C)C(=O)c1c(C)cc(C)c(C)c1OC. The number of Topliss-reactive ketones (excluding diaryl/α,β-unsaturated/α-hetero) is 1. The van der Waals surface area contributed by atoms with E-state index in [1.165, 1.54) is 6.08 Å². The normalized spacial score (nSPS) is 11.3. The van der Waals surface area contributed by atoms with Crippen LogP contribution in [0.25, 0.3) is 0 Å². The molecule has 0 heterocycles. The maximum absolute atomic E-state index is 12.7. The molecule has 0 aromatic heterocycles. The van der Waals surface area contributed by atoms with Crippen LogP contribution >= 0.6 is 0 Å². The summed E-state index contributed by atoms with van der Waals surface area (Å²) in [4.78, 5) is 24.5. The molecule has 1 aromatic rings. The first-order valence-electron chi connectivity index (χ1n) is 7.88. The third kappa shape index (κ3) is 4.68. The molecule has 126 valence electrons. The van der Waals surface area contributed by atoms with Crippen molar-refractivity contribution in [1.82, 2.24) is 0 Å². The highest BCUT2D eigenvalue weighted by Gasteiger charge is 2.20. The second-order valence-electron chi connectivity index (χ2n) is 5.72. The zero-order valence-electron chi connectivity index (χ0n) is 14.9. The fraction of sp³-hybridized carbons (Fsp3) is 0.474. The molecule has 1 rings (SSSR count). The molecule has 0 aliphatic carbocycles. The van der Waals surface area contributed by atoms with E-state index < -0.39 is 5.97 Å². The number of rotatable bonds is 7. The fourth-order valence-electron chi connectivity index (χ4n) is 2.39. The maximum Gasteiger partial charge on any atom is 0.331 e. The Hall–Kier alpha value is -2.10. The molecule has 0 aliphatic heterocycles. The molecule has 0 unspecified atom stereocenters. The van der Waals surface area contributed by atoms with Crippen LogP contribution in [0.1, 0.15) is 53.7 Å². The lowest BCUT2D eigenvalue weighted by Gasteiger charge is -2.16. The van der Waals surface area contributed by atoms with E-state index in [9.17, 15) is 9.59 Å². The zero-order chi connectivity index (χ0) is 17.6. The molecule has 0 aliphatic rings. The Bertz CT molecular complexity index is 627. The molecule has 0 amide bonds. The molecule has 0 bridgehead atoms. The van der Waals surface area contributed by atoms with Gasteiger partial charge in [0.1, 0.15) is 5.75 Å². The molecule has 0 saturated carbocycles. The second kappa shape index (κ2) is 8.51. The first kappa shape index (κ1) is 18.9. The lowest BCUT2D eigenvalue weighted by Crippen LogP contribution is -2.11. The van der Waals surface area contributed by atoms with E-state index in [2.05, 4.69) is 0 Å². The van der Waals surface area contributed by atoms with E-state index in [0.717, 1.165) is 29.5 Å². The molecule has 0 fully saturated rings. The minimum absolute atomic E-state index is 0.213. The standard InChI is InChI=1S/C19H26O4/c1-7-8-9-23-16(20)11-14(4)18(21)17-13(3)10-12(2)15(5)19(17)22-6/h10-11H,7-9H2,1-6H3/b14-11-. The fourth-order valence-corrected chi connectivity index (χ4v) is 2.39. The van der Waals surface area contributed by atoms with Crippen molar-refractivity contribution in [3.8, 4) is 5.75 Å². The Balaban J connectivity index is 3.10. The summed E-state index contributed by atoms with van der Waals surface area (Å²) < 4.78 is 10.5. The van der Waals surface area contributed by atoms with Gasteiger partial charge < -0.3 is 9.47 Å². The number of hydrogen-bond acceptors (Lipinski definition) is 4. The van der Waals surface area contributed by atoms with Crippen LogP contribution in [0.3, 0.4) is 0 Å². The number of ketones is 1. The van der Waals surface area contributed by atoms with Gasteiger partial charge >= 0.3 is 5.97 Å². The van der Waals surface area contributed by atoms with E-state index in [1.807, 2.05) is 33.8 Å². The lowest BCUT2D eigenvalue weighted by atomic mass is 9.93. The Labute approximate surface area is 138 Å². The Morgan fingerprint density at radius 1 is 1.17 bits per heavy atom. The number of aryl methyl sites for hydroxylation is 2. The Morgan fingerprint density at radius 2 is 1.83 bits per heavy atom. The van der Waals surface area contributed by atoms with Crippen molar-refractivity contribution in [1.29, 1.82) is 0 Å². The number of allylic oxidation sites excluding steroid dienone is 1. The Morgan fingerprint density at radius 3 is 2.39 bits per heavy atom. The van der Waals surface area contributed by atoms with Crippen molar-refractivity contribution < 1.29 is 19.1 Å². The summed E-state index contributed by atoms with van der Waals surface area (Å²) in [5, 5.41) is 0. The number of carbonyl (C=O) groups is 2. The minimum atomic E-state index is -0.482. The van der Waals surface area contributed by atoms with Gasteiger partial charge in [0.15, 0.2) is 5.78 Å². The average Bonchev–Trinajstić information content (AvgIpc) is 2.50. The van der Waals surface area contributed by atoms with Gasteiger partial charge in [-0.2, -0.15) is 0 Å². The monoisotopic (exact) mass is 318 g/mol. The third-order valence-corrected chi connectivity index (χ3v) is 3.85. The van der Waals surface area contributed by atoms with Crippen molar-refractivity contribution in [3.05, 3.63) is 40.0 Å². The van der Waals surface area contributed by atoms with Crippen LogP contribution in [0.5, 0.6) is 5.75 Å². The summed E-state index contributed by atoms with van der Waals surface area (Å²) in [7, 11) is 1.55. The number of esters is 1. The van der Waals surface area contributed by atoms with E-state index >= 15 is 0 Å². The Kier molecular flexibility index (Phi) is 7.01. The van der Waals surface area contributed by atoms with Crippen molar-refractivity contribution >= 4 is 11.8 Å². The number of methoxy groups -OCH3 is 1. The quantitative estimate of drug-likeness (QED) is 0.329. The summed E-state index contributed by atoms with van der Waals surface area (Å²) in [6, 6.07) is 1.96. The molecular weight excluding hydrogens is 292 g/mol. The largest absolute Gasteiger partial charge is 0.496 e. The van der Waals surface area contributed by atoms with Gasteiger partial charge in [-0.15, -0.1) is 0 Å². The highest BCUT2D eigenvalue weighted by atomic mass is 16.5. The van der Waals surface area contributed by atoms with Crippen LogP contribution in [0, 0.1) is 20.8 Å². The molecule has 0 atom stereocenters. The molecule has 0 N–H and O–H groups in total. The smallest absolute Gasteiger partial charge is 0.331 e. The van der Waals surface area contributed by atoms with E-state index in [0.29, 0.717) is 23.5 Å². The van der Waals surface area contributed by atoms with Crippen molar-refractivity contribution in [3.63, 3.8) is 0 Å². The van der Waals surface area contributed by atoms with Gasteiger partial charge in [0.2, 0.25) is 0 Å². The van der Waals surface area contributed by atoms with Crippen molar-refractivity contribution in [2.24, 2.45) is 0 Å². The van der Waals surface area contributed by atoms with Gasteiger partial charge in [0.05, 0.1) is 19.3 Å². The molecular formula is C19H26O4. The molecule has 23 heavy (non-hydrogen) atoms. The van der Waals surface area contributed by atoms with Crippen LogP contribution in [0.15, 0.2) is 17.7 Å². The number of carbonyl (C=O) groups excluding carboxylic acids is 2. The highest BCUT2D eigenvalue weighted by Crippen LogP contribution is 2.31. The molecule has 0 spiro atoms.